The SMILES string of the molecule is CCC(C)(CN)C(=O)Cc1ccnc2ccccc12. The molecule has 100 valence electrons. The van der Waals surface area contributed by atoms with Gasteiger partial charge >= 0.3 is 0 Å². The minimum Gasteiger partial charge on any atom is -0.329 e. The number of pyridine rings is 1. The normalized spacial score (nSPS) is 14.3. The molecule has 2 aromatic rings. The number of nitrogens with zero attached hydrogens (tertiary/aromatic N) is 1. The molecule has 0 radical (unpaired) electrons. The molecular weight excluding hydrogens is 236 g/mol. The second kappa shape index (κ2) is 5.49. The zero-order valence-electron chi connectivity index (χ0n) is 11.5. The van der Waals surface area contributed by atoms with E-state index in [9.17, 15) is 4.79 Å². The van der Waals surface area contributed by atoms with Gasteiger partial charge in [-0.1, -0.05) is 32.0 Å². The summed E-state index contributed by atoms with van der Waals surface area (Å²) in [6, 6.07) is 9.83. The Labute approximate surface area is 113 Å². The highest BCUT2D eigenvalue weighted by Crippen LogP contribution is 2.25. The largest absolute Gasteiger partial charge is 0.329 e. The first-order valence-electron chi connectivity index (χ1n) is 6.66. The van der Waals surface area contributed by atoms with E-state index >= 15 is 0 Å². The van der Waals surface area contributed by atoms with E-state index < -0.39 is 5.41 Å². The van der Waals surface area contributed by atoms with Crippen molar-refractivity contribution in [1.29, 1.82) is 0 Å². The molecule has 0 fully saturated rings. The van der Waals surface area contributed by atoms with E-state index in [0.29, 0.717) is 13.0 Å². The van der Waals surface area contributed by atoms with Gasteiger partial charge in [-0.25, -0.2) is 0 Å². The molecule has 1 atom stereocenters. The van der Waals surface area contributed by atoms with Gasteiger partial charge in [-0.15, -0.1) is 0 Å². The predicted octanol–water partition coefficient (Wildman–Crippen LogP) is 2.72. The number of aromatic nitrogens is 1. The summed E-state index contributed by atoms with van der Waals surface area (Å²) in [5.74, 6) is 0.203. The molecule has 0 saturated heterocycles. The maximum atomic E-state index is 12.4. The maximum Gasteiger partial charge on any atom is 0.144 e. The van der Waals surface area contributed by atoms with Crippen LogP contribution in [0.15, 0.2) is 36.5 Å². The molecule has 2 N–H and O–H groups in total. The number of nitrogens with two attached hydrogens (primary N) is 1. The van der Waals surface area contributed by atoms with Crippen molar-refractivity contribution < 1.29 is 4.79 Å². The Morgan fingerprint density at radius 2 is 2.05 bits per heavy atom. The molecule has 1 heterocycles. The molecule has 19 heavy (non-hydrogen) atoms. The standard InChI is InChI=1S/C16H20N2O/c1-3-16(2,11-17)15(19)10-12-8-9-18-14-7-5-4-6-13(12)14/h4-9H,3,10-11,17H2,1-2H3. The Bertz CT molecular complexity index is 583. The third-order valence-electron chi connectivity index (χ3n) is 3.99. The fourth-order valence-corrected chi connectivity index (χ4v) is 2.15. The zero-order chi connectivity index (χ0) is 13.9. The number of rotatable bonds is 5. The van der Waals surface area contributed by atoms with Crippen LogP contribution in [0.2, 0.25) is 0 Å². The number of hydrogen-bond acceptors (Lipinski definition) is 3. The lowest BCUT2D eigenvalue weighted by molar-refractivity contribution is -0.126. The molecule has 0 amide bonds. The fourth-order valence-electron chi connectivity index (χ4n) is 2.15. The van der Waals surface area contributed by atoms with Gasteiger partial charge < -0.3 is 5.73 Å². The topological polar surface area (TPSA) is 56.0 Å². The molecule has 0 aliphatic heterocycles. The number of hydrogen-bond donors (Lipinski definition) is 1. The summed E-state index contributed by atoms with van der Waals surface area (Å²) < 4.78 is 0. The van der Waals surface area contributed by atoms with Crippen LogP contribution in [-0.2, 0) is 11.2 Å². The number of para-hydroxylation sites is 1. The molecule has 0 bridgehead atoms. The van der Waals surface area contributed by atoms with Gasteiger partial charge in [0.2, 0.25) is 0 Å². The van der Waals surface area contributed by atoms with E-state index in [4.69, 9.17) is 5.73 Å². The van der Waals surface area contributed by atoms with Crippen LogP contribution in [0.25, 0.3) is 10.9 Å². The summed E-state index contributed by atoms with van der Waals surface area (Å²) >= 11 is 0. The lowest BCUT2D eigenvalue weighted by atomic mass is 9.80. The van der Waals surface area contributed by atoms with E-state index in [-0.39, 0.29) is 5.78 Å². The van der Waals surface area contributed by atoms with E-state index in [2.05, 4.69) is 4.98 Å². The smallest absolute Gasteiger partial charge is 0.144 e. The summed E-state index contributed by atoms with van der Waals surface area (Å²) in [7, 11) is 0. The third kappa shape index (κ3) is 2.66. The number of benzene rings is 1. The van der Waals surface area contributed by atoms with Gasteiger partial charge in [-0.05, 0) is 24.1 Å². The Hall–Kier alpha value is -1.74. The van der Waals surface area contributed by atoms with Gasteiger partial charge in [-0.3, -0.25) is 9.78 Å². The summed E-state index contributed by atoms with van der Waals surface area (Å²) in [4.78, 5) is 16.8. The maximum absolute atomic E-state index is 12.4. The number of fused-ring (bicyclic) bond motifs is 1. The average Bonchev–Trinajstić information content (AvgIpc) is 2.46. The Balaban J connectivity index is 2.34. The van der Waals surface area contributed by atoms with E-state index in [1.807, 2.05) is 44.2 Å². The zero-order valence-corrected chi connectivity index (χ0v) is 11.5. The lowest BCUT2D eigenvalue weighted by Gasteiger charge is -2.24. The monoisotopic (exact) mass is 256 g/mol. The Morgan fingerprint density at radius 3 is 2.74 bits per heavy atom. The second-order valence-electron chi connectivity index (χ2n) is 5.21. The van der Waals surface area contributed by atoms with Crippen molar-refractivity contribution in [3.8, 4) is 0 Å². The fraction of sp³-hybridized carbons (Fsp3) is 0.375. The molecule has 1 aromatic carbocycles. The summed E-state index contributed by atoms with van der Waals surface area (Å²) in [5.41, 5.74) is 7.29. The molecule has 0 spiro atoms. The van der Waals surface area contributed by atoms with Gasteiger partial charge in [0, 0.05) is 30.0 Å². The van der Waals surface area contributed by atoms with Crippen LogP contribution in [0, 0.1) is 5.41 Å². The summed E-state index contributed by atoms with van der Waals surface area (Å²) in [6.45, 7) is 4.35. The first-order chi connectivity index (χ1) is 9.10. The highest BCUT2D eigenvalue weighted by atomic mass is 16.1. The summed E-state index contributed by atoms with van der Waals surface area (Å²) in [5, 5.41) is 1.05. The van der Waals surface area contributed by atoms with Crippen LogP contribution in [0.5, 0.6) is 0 Å². The number of carbonyl (C=O) groups is 1. The average molecular weight is 256 g/mol. The van der Waals surface area contributed by atoms with Gasteiger partial charge in [0.25, 0.3) is 0 Å². The molecular formula is C16H20N2O. The summed E-state index contributed by atoms with van der Waals surface area (Å²) in [6.07, 6.45) is 2.95. The Morgan fingerprint density at radius 1 is 1.32 bits per heavy atom. The first-order valence-corrected chi connectivity index (χ1v) is 6.66. The molecule has 3 nitrogen and oxygen atoms in total. The molecule has 0 aliphatic carbocycles. The molecule has 2 rings (SSSR count). The third-order valence-corrected chi connectivity index (χ3v) is 3.99. The molecule has 0 aliphatic rings. The van der Waals surface area contributed by atoms with Crippen molar-refractivity contribution in [3.05, 3.63) is 42.1 Å². The van der Waals surface area contributed by atoms with Crippen molar-refractivity contribution in [1.82, 2.24) is 4.98 Å². The van der Waals surface area contributed by atoms with Crippen molar-refractivity contribution >= 4 is 16.7 Å². The highest BCUT2D eigenvalue weighted by molar-refractivity contribution is 5.91. The lowest BCUT2D eigenvalue weighted by Crippen LogP contribution is -2.36. The minimum absolute atomic E-state index is 0.203. The van der Waals surface area contributed by atoms with Gasteiger partial charge in [0.1, 0.15) is 5.78 Å². The Kier molecular flexibility index (Phi) is 3.96. The van der Waals surface area contributed by atoms with Crippen LogP contribution in [0.3, 0.4) is 0 Å². The van der Waals surface area contributed by atoms with E-state index in [1.165, 1.54) is 0 Å². The van der Waals surface area contributed by atoms with Crippen molar-refractivity contribution in [3.63, 3.8) is 0 Å². The molecule has 1 unspecified atom stereocenters. The van der Waals surface area contributed by atoms with Crippen molar-refractivity contribution in [2.45, 2.75) is 26.7 Å². The second-order valence-corrected chi connectivity index (χ2v) is 5.21. The number of carbonyl (C=O) groups excluding carboxylic acids is 1. The molecule has 3 heteroatoms. The highest BCUT2D eigenvalue weighted by Gasteiger charge is 2.29. The number of Topliss-reactive ketones (excluding diaryl/α,β-unsaturated/α-hetero) is 1. The number of ketones is 1. The van der Waals surface area contributed by atoms with Crippen LogP contribution in [-0.4, -0.2) is 17.3 Å². The quantitative estimate of drug-likeness (QED) is 0.895. The molecule has 0 saturated carbocycles. The van der Waals surface area contributed by atoms with E-state index in [0.717, 1.165) is 22.9 Å². The van der Waals surface area contributed by atoms with E-state index in [1.54, 1.807) is 6.20 Å². The van der Waals surface area contributed by atoms with Crippen LogP contribution >= 0.6 is 0 Å². The van der Waals surface area contributed by atoms with Crippen LogP contribution < -0.4 is 5.73 Å². The van der Waals surface area contributed by atoms with Crippen LogP contribution in [0.4, 0.5) is 0 Å². The van der Waals surface area contributed by atoms with Gasteiger partial charge in [0.15, 0.2) is 0 Å². The van der Waals surface area contributed by atoms with Gasteiger partial charge in [0.05, 0.1) is 5.52 Å². The van der Waals surface area contributed by atoms with Gasteiger partial charge in [-0.2, -0.15) is 0 Å². The molecule has 1 aromatic heterocycles. The van der Waals surface area contributed by atoms with Crippen LogP contribution in [0.1, 0.15) is 25.8 Å². The van der Waals surface area contributed by atoms with Crippen molar-refractivity contribution in [2.24, 2.45) is 11.1 Å². The predicted molar refractivity (Wildman–Crippen MR) is 77.9 cm³/mol. The minimum atomic E-state index is -0.426. The first kappa shape index (κ1) is 13.7. The van der Waals surface area contributed by atoms with Crippen molar-refractivity contribution in [2.75, 3.05) is 6.54 Å².